The van der Waals surface area contributed by atoms with E-state index in [1.54, 1.807) is 24.3 Å². The van der Waals surface area contributed by atoms with Crippen LogP contribution in [0.3, 0.4) is 0 Å². The van der Waals surface area contributed by atoms with E-state index in [2.05, 4.69) is 10.9 Å². The van der Waals surface area contributed by atoms with Crippen LogP contribution >= 0.6 is 0 Å². The largest absolute Gasteiger partial charge is 0.482 e. The number of ether oxygens (including phenoxy) is 1. The van der Waals surface area contributed by atoms with Crippen LogP contribution < -0.4 is 15.6 Å². The van der Waals surface area contributed by atoms with Crippen LogP contribution in [0.4, 0.5) is 0 Å². The van der Waals surface area contributed by atoms with Crippen LogP contribution in [0.15, 0.2) is 42.5 Å². The fraction of sp³-hybridized carbons (Fsp3) is 0.211. The summed E-state index contributed by atoms with van der Waals surface area (Å²) in [6.45, 7) is 3.68. The molecule has 0 radical (unpaired) electrons. The third-order valence-electron chi connectivity index (χ3n) is 3.64. The highest BCUT2D eigenvalue weighted by atomic mass is 16.5. The second-order valence-electron chi connectivity index (χ2n) is 5.59. The minimum Gasteiger partial charge on any atom is -0.482 e. The molecule has 2 aromatic rings. The van der Waals surface area contributed by atoms with Gasteiger partial charge in [-0.25, -0.2) is 0 Å². The van der Waals surface area contributed by atoms with E-state index >= 15 is 0 Å². The summed E-state index contributed by atoms with van der Waals surface area (Å²) in [6.07, 6.45) is 0.166. The van der Waals surface area contributed by atoms with Crippen LogP contribution in [0.2, 0.25) is 0 Å². The molecular formula is C19H19N3O3. The number of nitriles is 1. The molecule has 0 bridgehead atoms. The summed E-state index contributed by atoms with van der Waals surface area (Å²) in [5.74, 6) is -0.517. The summed E-state index contributed by atoms with van der Waals surface area (Å²) in [5.41, 5.74) is 8.12. The molecule has 25 heavy (non-hydrogen) atoms. The molecule has 6 nitrogen and oxygen atoms in total. The van der Waals surface area contributed by atoms with Crippen molar-refractivity contribution in [2.24, 2.45) is 0 Å². The van der Waals surface area contributed by atoms with Gasteiger partial charge in [-0.05, 0) is 42.7 Å². The zero-order chi connectivity index (χ0) is 18.2. The Morgan fingerprint density at radius 1 is 1.04 bits per heavy atom. The molecule has 0 saturated heterocycles. The van der Waals surface area contributed by atoms with E-state index in [1.165, 1.54) is 0 Å². The third-order valence-corrected chi connectivity index (χ3v) is 3.64. The molecule has 0 spiro atoms. The van der Waals surface area contributed by atoms with Crippen LogP contribution in [0, 0.1) is 25.2 Å². The zero-order valence-electron chi connectivity index (χ0n) is 14.1. The minimum absolute atomic E-state index is 0.166. The van der Waals surface area contributed by atoms with Crippen LogP contribution in [0.25, 0.3) is 0 Å². The molecule has 6 heteroatoms. The Morgan fingerprint density at radius 2 is 1.76 bits per heavy atom. The summed E-state index contributed by atoms with van der Waals surface area (Å²) < 4.78 is 5.28. The fourth-order valence-corrected chi connectivity index (χ4v) is 2.15. The number of amides is 2. The van der Waals surface area contributed by atoms with Crippen LogP contribution in [-0.4, -0.2) is 18.4 Å². The molecule has 0 aromatic heterocycles. The van der Waals surface area contributed by atoms with Crippen LogP contribution in [0.5, 0.6) is 5.75 Å². The molecule has 0 aliphatic rings. The number of para-hydroxylation sites is 1. The smallest absolute Gasteiger partial charge is 0.276 e. The number of benzene rings is 2. The van der Waals surface area contributed by atoms with Gasteiger partial charge in [0.2, 0.25) is 5.91 Å². The molecule has 0 aliphatic heterocycles. The molecule has 2 rings (SSSR count). The molecule has 0 unspecified atom stereocenters. The zero-order valence-corrected chi connectivity index (χ0v) is 14.1. The summed E-state index contributed by atoms with van der Waals surface area (Å²) in [7, 11) is 0. The topological polar surface area (TPSA) is 91.2 Å². The third kappa shape index (κ3) is 5.36. The SMILES string of the molecule is Cc1ccc(CC(=O)NNC(=O)COc2ccccc2C#N)cc1C. The molecule has 2 amide bonds. The Labute approximate surface area is 146 Å². The lowest BCUT2D eigenvalue weighted by molar-refractivity contribution is -0.129. The van der Waals surface area contributed by atoms with Gasteiger partial charge in [-0.3, -0.25) is 20.4 Å². The van der Waals surface area contributed by atoms with Crippen molar-refractivity contribution in [2.75, 3.05) is 6.61 Å². The van der Waals surface area contributed by atoms with E-state index in [4.69, 9.17) is 10.00 Å². The molecule has 128 valence electrons. The van der Waals surface area contributed by atoms with Gasteiger partial charge in [0.05, 0.1) is 12.0 Å². The second kappa shape index (κ2) is 8.50. The van der Waals surface area contributed by atoms with Crippen molar-refractivity contribution in [1.29, 1.82) is 5.26 Å². The normalized spacial score (nSPS) is 9.80. The van der Waals surface area contributed by atoms with Crippen molar-refractivity contribution in [2.45, 2.75) is 20.3 Å². The average molecular weight is 337 g/mol. The van der Waals surface area contributed by atoms with Gasteiger partial charge in [0.25, 0.3) is 5.91 Å². The molecule has 0 heterocycles. The van der Waals surface area contributed by atoms with Gasteiger partial charge < -0.3 is 4.74 Å². The number of hydrazine groups is 1. The van der Waals surface area contributed by atoms with Gasteiger partial charge in [-0.2, -0.15) is 5.26 Å². The Balaban J connectivity index is 1.78. The molecule has 2 aromatic carbocycles. The first-order valence-corrected chi connectivity index (χ1v) is 7.75. The maximum Gasteiger partial charge on any atom is 0.276 e. The van der Waals surface area contributed by atoms with E-state index in [0.29, 0.717) is 11.3 Å². The Hall–Kier alpha value is -3.33. The first kappa shape index (κ1) is 18.0. The quantitative estimate of drug-likeness (QED) is 0.816. The number of carbonyl (C=O) groups excluding carboxylic acids is 2. The molecule has 0 fully saturated rings. The summed E-state index contributed by atoms with van der Waals surface area (Å²) >= 11 is 0. The maximum atomic E-state index is 11.9. The first-order valence-electron chi connectivity index (χ1n) is 7.75. The lowest BCUT2D eigenvalue weighted by Crippen LogP contribution is -2.44. The molecule has 0 saturated carbocycles. The van der Waals surface area contributed by atoms with Gasteiger partial charge in [-0.15, -0.1) is 0 Å². The number of hydrogen-bond acceptors (Lipinski definition) is 4. The van der Waals surface area contributed by atoms with Crippen LogP contribution in [0.1, 0.15) is 22.3 Å². The Morgan fingerprint density at radius 3 is 2.48 bits per heavy atom. The van der Waals surface area contributed by atoms with Gasteiger partial charge >= 0.3 is 0 Å². The fourth-order valence-electron chi connectivity index (χ4n) is 2.15. The highest BCUT2D eigenvalue weighted by Crippen LogP contribution is 2.16. The molecule has 0 aliphatic carbocycles. The standard InChI is InChI=1S/C19H19N3O3/c1-13-7-8-15(9-14(13)2)10-18(23)21-22-19(24)12-25-17-6-4-3-5-16(17)11-20/h3-9H,10,12H2,1-2H3,(H,21,23)(H,22,24). The number of aryl methyl sites for hydroxylation is 2. The van der Waals surface area contributed by atoms with E-state index in [1.807, 2.05) is 38.1 Å². The highest BCUT2D eigenvalue weighted by molar-refractivity contribution is 5.83. The van der Waals surface area contributed by atoms with E-state index in [0.717, 1.165) is 16.7 Å². The molecule has 2 N–H and O–H groups in total. The highest BCUT2D eigenvalue weighted by Gasteiger charge is 2.09. The van der Waals surface area contributed by atoms with Crippen molar-refractivity contribution in [3.8, 4) is 11.8 Å². The minimum atomic E-state index is -0.513. The molecule has 0 atom stereocenters. The second-order valence-corrected chi connectivity index (χ2v) is 5.59. The van der Waals surface area contributed by atoms with Gasteiger partial charge in [-0.1, -0.05) is 30.3 Å². The number of carbonyl (C=O) groups is 2. The maximum absolute atomic E-state index is 11.9. The summed E-state index contributed by atoms with van der Waals surface area (Å²) in [4.78, 5) is 23.6. The monoisotopic (exact) mass is 337 g/mol. The van der Waals surface area contributed by atoms with Crippen molar-refractivity contribution in [3.05, 3.63) is 64.7 Å². The molecular weight excluding hydrogens is 318 g/mol. The van der Waals surface area contributed by atoms with Crippen molar-refractivity contribution >= 4 is 11.8 Å². The lowest BCUT2D eigenvalue weighted by atomic mass is 10.0. The number of nitrogens with zero attached hydrogens (tertiary/aromatic N) is 1. The number of rotatable bonds is 5. The number of hydrogen-bond donors (Lipinski definition) is 2. The van der Waals surface area contributed by atoms with Crippen molar-refractivity contribution in [1.82, 2.24) is 10.9 Å². The predicted octanol–water partition coefficient (Wildman–Crippen LogP) is 1.94. The summed E-state index contributed by atoms with van der Waals surface area (Å²) in [6, 6.07) is 14.4. The average Bonchev–Trinajstić information content (AvgIpc) is 2.61. The Bertz CT molecular complexity index is 825. The van der Waals surface area contributed by atoms with E-state index in [-0.39, 0.29) is 18.9 Å². The summed E-state index contributed by atoms with van der Waals surface area (Å²) in [5, 5.41) is 8.95. The van der Waals surface area contributed by atoms with Crippen molar-refractivity contribution in [3.63, 3.8) is 0 Å². The van der Waals surface area contributed by atoms with Crippen molar-refractivity contribution < 1.29 is 14.3 Å². The Kier molecular flexibility index (Phi) is 6.13. The van der Waals surface area contributed by atoms with E-state index in [9.17, 15) is 9.59 Å². The van der Waals surface area contributed by atoms with Gasteiger partial charge in [0.15, 0.2) is 6.61 Å². The van der Waals surface area contributed by atoms with Gasteiger partial charge in [0, 0.05) is 0 Å². The predicted molar refractivity (Wildman–Crippen MR) is 92.6 cm³/mol. The first-order chi connectivity index (χ1) is 12.0. The van der Waals surface area contributed by atoms with Crippen LogP contribution in [-0.2, 0) is 16.0 Å². The van der Waals surface area contributed by atoms with Gasteiger partial charge in [0.1, 0.15) is 11.8 Å². The lowest BCUT2D eigenvalue weighted by Gasteiger charge is -2.10. The van der Waals surface area contributed by atoms with E-state index < -0.39 is 5.91 Å². The number of nitrogens with one attached hydrogen (secondary N) is 2.